The topological polar surface area (TPSA) is 37.3 Å². The van der Waals surface area contributed by atoms with E-state index >= 15 is 0 Å². The first-order chi connectivity index (χ1) is 8.27. The first-order valence-corrected chi connectivity index (χ1v) is 7.04. The number of hydrogen-bond acceptors (Lipinski definition) is 3. The predicted molar refractivity (Wildman–Crippen MR) is 69.9 cm³/mol. The van der Waals surface area contributed by atoms with E-state index in [1.54, 1.807) is 0 Å². The van der Waals surface area contributed by atoms with Crippen LogP contribution in [-0.4, -0.2) is 16.3 Å². The summed E-state index contributed by atoms with van der Waals surface area (Å²) in [5, 5.41) is 9.93. The van der Waals surface area contributed by atoms with Gasteiger partial charge in [0.2, 0.25) is 5.12 Å². The van der Waals surface area contributed by atoms with Gasteiger partial charge in [0.1, 0.15) is 6.10 Å². The van der Waals surface area contributed by atoms with Gasteiger partial charge in [-0.3, -0.25) is 4.79 Å². The number of carbonyl (C=O) groups excluding carboxylic acids is 1. The minimum atomic E-state index is -0.791. The highest BCUT2D eigenvalue weighted by atomic mass is 32.2. The van der Waals surface area contributed by atoms with Crippen molar-refractivity contribution >= 4 is 16.9 Å². The second kappa shape index (κ2) is 6.22. The maximum Gasteiger partial charge on any atom is 0.222 e. The fourth-order valence-corrected chi connectivity index (χ4v) is 3.15. The SMILES string of the molecule is O=C(Sc1ccccc1)[C@H](O)C1CCCCC1. The summed E-state index contributed by atoms with van der Waals surface area (Å²) in [6.07, 6.45) is 4.71. The molecule has 3 heteroatoms. The lowest BCUT2D eigenvalue weighted by Crippen LogP contribution is -2.29. The molecule has 2 rings (SSSR count). The van der Waals surface area contributed by atoms with Crippen molar-refractivity contribution in [1.29, 1.82) is 0 Å². The van der Waals surface area contributed by atoms with E-state index in [0.29, 0.717) is 0 Å². The molecular weight excluding hydrogens is 232 g/mol. The second-order valence-corrected chi connectivity index (χ2v) is 5.65. The number of carbonyl (C=O) groups is 1. The van der Waals surface area contributed by atoms with E-state index in [-0.39, 0.29) is 11.0 Å². The van der Waals surface area contributed by atoms with Crippen molar-refractivity contribution in [2.45, 2.75) is 43.1 Å². The molecule has 0 saturated heterocycles. The Labute approximate surface area is 106 Å². The number of benzene rings is 1. The van der Waals surface area contributed by atoms with Gasteiger partial charge >= 0.3 is 0 Å². The Balaban J connectivity index is 1.90. The molecule has 0 amide bonds. The second-order valence-electron chi connectivity index (χ2n) is 4.58. The lowest BCUT2D eigenvalue weighted by Gasteiger charge is -2.25. The zero-order valence-corrected chi connectivity index (χ0v) is 10.7. The molecule has 1 fully saturated rings. The molecule has 0 unspecified atom stereocenters. The molecule has 1 aromatic rings. The molecule has 17 heavy (non-hydrogen) atoms. The minimum absolute atomic E-state index is 0.108. The summed E-state index contributed by atoms with van der Waals surface area (Å²) in [6, 6.07) is 9.53. The number of aliphatic hydroxyl groups is 1. The van der Waals surface area contributed by atoms with Crippen LogP contribution in [0.4, 0.5) is 0 Å². The van der Waals surface area contributed by atoms with Crippen LogP contribution in [0.3, 0.4) is 0 Å². The highest BCUT2D eigenvalue weighted by Crippen LogP contribution is 2.30. The zero-order valence-electron chi connectivity index (χ0n) is 9.84. The van der Waals surface area contributed by atoms with E-state index in [4.69, 9.17) is 0 Å². The lowest BCUT2D eigenvalue weighted by atomic mass is 9.86. The summed E-state index contributed by atoms with van der Waals surface area (Å²) < 4.78 is 0. The minimum Gasteiger partial charge on any atom is -0.384 e. The molecule has 0 spiro atoms. The third-order valence-electron chi connectivity index (χ3n) is 3.30. The van der Waals surface area contributed by atoms with E-state index in [9.17, 15) is 9.90 Å². The van der Waals surface area contributed by atoms with E-state index in [2.05, 4.69) is 0 Å². The zero-order chi connectivity index (χ0) is 12.1. The van der Waals surface area contributed by atoms with E-state index in [1.165, 1.54) is 6.42 Å². The largest absolute Gasteiger partial charge is 0.384 e. The van der Waals surface area contributed by atoms with Gasteiger partial charge in [-0.05, 0) is 42.7 Å². The molecule has 0 aromatic heterocycles. The molecule has 0 bridgehead atoms. The average molecular weight is 250 g/mol. The molecule has 1 aliphatic carbocycles. The quantitative estimate of drug-likeness (QED) is 0.837. The third-order valence-corrected chi connectivity index (χ3v) is 4.25. The van der Waals surface area contributed by atoms with Gasteiger partial charge in [0, 0.05) is 4.90 Å². The molecule has 1 saturated carbocycles. The van der Waals surface area contributed by atoms with Crippen LogP contribution in [0.25, 0.3) is 0 Å². The van der Waals surface area contributed by atoms with Crippen LogP contribution in [0.15, 0.2) is 35.2 Å². The van der Waals surface area contributed by atoms with Crippen LogP contribution in [-0.2, 0) is 4.79 Å². The maximum atomic E-state index is 11.9. The molecule has 1 N–H and O–H groups in total. The van der Waals surface area contributed by atoms with Gasteiger partial charge in [0.25, 0.3) is 0 Å². The van der Waals surface area contributed by atoms with Crippen molar-refractivity contribution in [3.8, 4) is 0 Å². The van der Waals surface area contributed by atoms with Gasteiger partial charge in [-0.15, -0.1) is 0 Å². The van der Waals surface area contributed by atoms with Gasteiger partial charge in [-0.2, -0.15) is 0 Å². The Bertz CT molecular complexity index is 358. The van der Waals surface area contributed by atoms with Crippen molar-refractivity contribution in [1.82, 2.24) is 0 Å². The molecule has 0 radical (unpaired) electrons. The number of rotatable bonds is 3. The number of aliphatic hydroxyl groups excluding tert-OH is 1. The van der Waals surface area contributed by atoms with Crippen LogP contribution >= 0.6 is 11.8 Å². The molecule has 1 aliphatic rings. The fourth-order valence-electron chi connectivity index (χ4n) is 2.31. The summed E-state index contributed by atoms with van der Waals surface area (Å²) in [4.78, 5) is 12.8. The summed E-state index contributed by atoms with van der Waals surface area (Å²) >= 11 is 1.16. The van der Waals surface area contributed by atoms with Crippen molar-refractivity contribution in [2.75, 3.05) is 0 Å². The number of thioether (sulfide) groups is 1. The smallest absolute Gasteiger partial charge is 0.222 e. The highest BCUT2D eigenvalue weighted by Gasteiger charge is 2.27. The van der Waals surface area contributed by atoms with E-state index in [1.807, 2.05) is 30.3 Å². The molecule has 2 nitrogen and oxygen atoms in total. The summed E-state index contributed by atoms with van der Waals surface area (Å²) in [7, 11) is 0. The van der Waals surface area contributed by atoms with Gasteiger partial charge in [0.05, 0.1) is 0 Å². The number of hydrogen-bond donors (Lipinski definition) is 1. The average Bonchev–Trinajstić information content (AvgIpc) is 2.40. The Hall–Kier alpha value is -0.800. The molecule has 92 valence electrons. The van der Waals surface area contributed by atoms with Crippen molar-refractivity contribution in [2.24, 2.45) is 5.92 Å². The highest BCUT2D eigenvalue weighted by molar-refractivity contribution is 8.13. The van der Waals surface area contributed by atoms with E-state index in [0.717, 1.165) is 42.3 Å². The fraction of sp³-hybridized carbons (Fsp3) is 0.500. The van der Waals surface area contributed by atoms with Gasteiger partial charge in [0.15, 0.2) is 0 Å². The van der Waals surface area contributed by atoms with Gasteiger partial charge < -0.3 is 5.11 Å². The normalized spacial score (nSPS) is 18.9. The Morgan fingerprint density at radius 3 is 2.47 bits per heavy atom. The van der Waals surface area contributed by atoms with Crippen LogP contribution in [0.5, 0.6) is 0 Å². The third kappa shape index (κ3) is 3.58. The first-order valence-electron chi connectivity index (χ1n) is 6.22. The van der Waals surface area contributed by atoms with E-state index < -0.39 is 6.10 Å². The van der Waals surface area contributed by atoms with Crippen LogP contribution in [0, 0.1) is 5.92 Å². The van der Waals surface area contributed by atoms with Crippen molar-refractivity contribution < 1.29 is 9.90 Å². The molecule has 0 heterocycles. The van der Waals surface area contributed by atoms with Crippen molar-refractivity contribution in [3.63, 3.8) is 0 Å². The first kappa shape index (κ1) is 12.7. The van der Waals surface area contributed by atoms with Gasteiger partial charge in [-0.25, -0.2) is 0 Å². The summed E-state index contributed by atoms with van der Waals surface area (Å²) in [5.41, 5.74) is 0. The predicted octanol–water partition coefficient (Wildman–Crippen LogP) is 3.25. The summed E-state index contributed by atoms with van der Waals surface area (Å²) in [6.45, 7) is 0. The maximum absolute atomic E-state index is 11.9. The molecule has 1 aromatic carbocycles. The van der Waals surface area contributed by atoms with Crippen LogP contribution in [0.1, 0.15) is 32.1 Å². The molecule has 1 atom stereocenters. The molecular formula is C14H18O2S. The van der Waals surface area contributed by atoms with Crippen LogP contribution in [0.2, 0.25) is 0 Å². The summed E-state index contributed by atoms with van der Waals surface area (Å²) in [5.74, 6) is 0.174. The van der Waals surface area contributed by atoms with Crippen molar-refractivity contribution in [3.05, 3.63) is 30.3 Å². The lowest BCUT2D eigenvalue weighted by molar-refractivity contribution is -0.121. The molecule has 0 aliphatic heterocycles. The Kier molecular flexibility index (Phi) is 4.63. The monoisotopic (exact) mass is 250 g/mol. The Morgan fingerprint density at radius 2 is 1.82 bits per heavy atom. The van der Waals surface area contributed by atoms with Gasteiger partial charge in [-0.1, -0.05) is 37.5 Å². The Morgan fingerprint density at radius 1 is 1.18 bits per heavy atom. The van der Waals surface area contributed by atoms with Crippen LogP contribution < -0.4 is 0 Å². The standard InChI is InChI=1S/C14H18O2S/c15-13(11-7-3-1-4-8-11)14(16)17-12-9-5-2-6-10-12/h2,5-6,9-11,13,15H,1,3-4,7-8H2/t13-/m1/s1.